The fourth-order valence-electron chi connectivity index (χ4n) is 3.30. The first-order valence-corrected chi connectivity index (χ1v) is 12.8. The van der Waals surface area contributed by atoms with Crippen LogP contribution < -0.4 is 10.6 Å². The quantitative estimate of drug-likeness (QED) is 0.421. The third-order valence-electron chi connectivity index (χ3n) is 4.66. The molecule has 1 aromatic rings. The molecule has 0 heterocycles. The van der Waals surface area contributed by atoms with E-state index in [9.17, 15) is 14.4 Å². The Hall–Kier alpha value is -2.74. The lowest BCUT2D eigenvalue weighted by atomic mass is 9.99. The summed E-state index contributed by atoms with van der Waals surface area (Å²) in [4.78, 5) is 41.1. The van der Waals surface area contributed by atoms with Gasteiger partial charge >= 0.3 is 6.09 Å². The Bertz CT molecular complexity index is 864. The summed E-state index contributed by atoms with van der Waals surface area (Å²) in [5.74, 6) is -0.0526. The van der Waals surface area contributed by atoms with Gasteiger partial charge in [0.1, 0.15) is 17.7 Å². The second kappa shape index (κ2) is 13.8. The van der Waals surface area contributed by atoms with Crippen molar-refractivity contribution in [3.8, 4) is 0 Å². The minimum atomic E-state index is -0.912. The molecule has 188 valence electrons. The standard InChI is InChI=1S/C26H39N3O4S/c1-9-15-29(24(31)21(14-16-34-8)28-25(32)33-26(5,6)7)22(23(30)27-18(3)4)20-13-11-12-19(10-2)17-20/h9-13,17-18,21-22H,1-2,14-16H2,3-8H3,(H,27,30)(H,28,32). The first-order chi connectivity index (χ1) is 15.9. The molecule has 2 atom stereocenters. The molecule has 0 aliphatic heterocycles. The third-order valence-corrected chi connectivity index (χ3v) is 5.31. The SMILES string of the molecule is C=CCN(C(=O)C(CCSC)NC(=O)OC(C)(C)C)C(C(=O)NC(C)C)c1cccc(C=C)c1. The fourth-order valence-corrected chi connectivity index (χ4v) is 3.77. The van der Waals surface area contributed by atoms with Crippen molar-refractivity contribution in [3.63, 3.8) is 0 Å². The summed E-state index contributed by atoms with van der Waals surface area (Å²) in [5, 5.41) is 5.63. The van der Waals surface area contributed by atoms with E-state index in [1.165, 1.54) is 4.90 Å². The van der Waals surface area contributed by atoms with Gasteiger partial charge in [-0.1, -0.05) is 36.9 Å². The van der Waals surface area contributed by atoms with Crippen LogP contribution in [-0.2, 0) is 14.3 Å². The second-order valence-electron chi connectivity index (χ2n) is 9.20. The Kier molecular flexibility index (Phi) is 11.9. The highest BCUT2D eigenvalue weighted by Crippen LogP contribution is 2.25. The van der Waals surface area contributed by atoms with Crippen molar-refractivity contribution >= 4 is 35.7 Å². The van der Waals surface area contributed by atoms with Crippen molar-refractivity contribution in [2.24, 2.45) is 0 Å². The molecule has 2 unspecified atom stereocenters. The van der Waals surface area contributed by atoms with E-state index >= 15 is 0 Å². The van der Waals surface area contributed by atoms with Crippen LogP contribution in [0.4, 0.5) is 4.79 Å². The maximum atomic E-state index is 13.8. The van der Waals surface area contributed by atoms with Crippen LogP contribution in [0.2, 0.25) is 0 Å². The molecule has 34 heavy (non-hydrogen) atoms. The van der Waals surface area contributed by atoms with Crippen LogP contribution in [0.5, 0.6) is 0 Å². The zero-order chi connectivity index (χ0) is 25.9. The Labute approximate surface area is 208 Å². The van der Waals surface area contributed by atoms with Crippen LogP contribution in [0.15, 0.2) is 43.5 Å². The van der Waals surface area contributed by atoms with Crippen LogP contribution in [0.3, 0.4) is 0 Å². The Morgan fingerprint density at radius 1 is 1.18 bits per heavy atom. The second-order valence-corrected chi connectivity index (χ2v) is 10.2. The molecular weight excluding hydrogens is 450 g/mol. The minimum Gasteiger partial charge on any atom is -0.444 e. The molecule has 0 spiro atoms. The average Bonchev–Trinajstić information content (AvgIpc) is 2.74. The molecule has 8 heteroatoms. The van der Waals surface area contributed by atoms with E-state index in [0.29, 0.717) is 17.7 Å². The van der Waals surface area contributed by atoms with Crippen molar-refractivity contribution in [2.45, 2.75) is 64.8 Å². The van der Waals surface area contributed by atoms with Crippen LogP contribution >= 0.6 is 11.8 Å². The molecule has 0 saturated carbocycles. The van der Waals surface area contributed by atoms with Gasteiger partial charge in [-0.2, -0.15) is 11.8 Å². The number of benzene rings is 1. The number of rotatable bonds is 12. The van der Waals surface area contributed by atoms with Gasteiger partial charge in [-0.3, -0.25) is 9.59 Å². The van der Waals surface area contributed by atoms with Crippen LogP contribution in [0.25, 0.3) is 6.08 Å². The first kappa shape index (κ1) is 29.3. The number of hydrogen-bond acceptors (Lipinski definition) is 5. The topological polar surface area (TPSA) is 87.7 Å². The summed E-state index contributed by atoms with van der Waals surface area (Å²) in [7, 11) is 0. The van der Waals surface area contributed by atoms with Gasteiger partial charge in [0.15, 0.2) is 0 Å². The van der Waals surface area contributed by atoms with E-state index in [2.05, 4.69) is 23.8 Å². The zero-order valence-electron chi connectivity index (χ0n) is 21.2. The number of nitrogens with zero attached hydrogens (tertiary/aromatic N) is 1. The van der Waals surface area contributed by atoms with Gasteiger partial charge in [0.05, 0.1) is 0 Å². The third kappa shape index (κ3) is 9.63. The molecule has 0 aromatic heterocycles. The number of amides is 3. The molecule has 2 N–H and O–H groups in total. The molecule has 0 bridgehead atoms. The zero-order valence-corrected chi connectivity index (χ0v) is 22.0. The number of ether oxygens (including phenoxy) is 1. The molecule has 0 fully saturated rings. The smallest absolute Gasteiger partial charge is 0.408 e. The van der Waals surface area contributed by atoms with Crippen molar-refractivity contribution in [1.82, 2.24) is 15.5 Å². The Morgan fingerprint density at radius 2 is 1.85 bits per heavy atom. The normalized spacial score (nSPS) is 12.9. The summed E-state index contributed by atoms with van der Waals surface area (Å²) >= 11 is 1.56. The molecule has 1 aromatic carbocycles. The van der Waals surface area contributed by atoms with E-state index in [0.717, 1.165) is 5.56 Å². The van der Waals surface area contributed by atoms with Crippen LogP contribution in [-0.4, -0.2) is 59.0 Å². The summed E-state index contributed by atoms with van der Waals surface area (Å²) in [6.07, 6.45) is 4.90. The summed E-state index contributed by atoms with van der Waals surface area (Å²) < 4.78 is 5.38. The number of nitrogens with one attached hydrogen (secondary N) is 2. The number of thioether (sulfide) groups is 1. The van der Waals surface area contributed by atoms with Gasteiger partial charge in [0, 0.05) is 12.6 Å². The number of alkyl carbamates (subject to hydrolysis) is 1. The lowest BCUT2D eigenvalue weighted by molar-refractivity contribution is -0.142. The highest BCUT2D eigenvalue weighted by molar-refractivity contribution is 7.98. The maximum Gasteiger partial charge on any atom is 0.408 e. The van der Waals surface area contributed by atoms with Gasteiger partial charge in [0.2, 0.25) is 11.8 Å². The van der Waals surface area contributed by atoms with Gasteiger partial charge in [-0.15, -0.1) is 6.58 Å². The van der Waals surface area contributed by atoms with Gasteiger partial charge < -0.3 is 20.3 Å². The van der Waals surface area contributed by atoms with E-state index < -0.39 is 23.8 Å². The highest BCUT2D eigenvalue weighted by Gasteiger charge is 2.35. The highest BCUT2D eigenvalue weighted by atomic mass is 32.2. The van der Waals surface area contributed by atoms with Crippen molar-refractivity contribution < 1.29 is 19.1 Å². The molecule has 0 aliphatic rings. The largest absolute Gasteiger partial charge is 0.444 e. The molecular formula is C26H39N3O4S. The summed E-state index contributed by atoms with van der Waals surface area (Å²) in [6.45, 7) is 16.7. The molecule has 3 amide bonds. The number of carbonyl (C=O) groups excluding carboxylic acids is 3. The number of hydrogen-bond donors (Lipinski definition) is 2. The van der Waals surface area contributed by atoms with Crippen molar-refractivity contribution in [3.05, 3.63) is 54.6 Å². The number of carbonyl (C=O) groups is 3. The first-order valence-electron chi connectivity index (χ1n) is 11.4. The molecule has 0 saturated heterocycles. The lowest BCUT2D eigenvalue weighted by Gasteiger charge is -2.34. The Morgan fingerprint density at radius 3 is 2.38 bits per heavy atom. The monoisotopic (exact) mass is 489 g/mol. The van der Waals surface area contributed by atoms with E-state index in [1.54, 1.807) is 50.8 Å². The van der Waals surface area contributed by atoms with Crippen molar-refractivity contribution in [2.75, 3.05) is 18.6 Å². The molecule has 7 nitrogen and oxygen atoms in total. The fraction of sp³-hybridized carbons (Fsp3) is 0.500. The Balaban J connectivity index is 3.44. The van der Waals surface area contributed by atoms with Crippen LogP contribution in [0.1, 0.15) is 58.2 Å². The maximum absolute atomic E-state index is 13.8. The van der Waals surface area contributed by atoms with Gasteiger partial charge in [-0.05, 0) is 70.2 Å². The molecule has 1 rings (SSSR count). The van der Waals surface area contributed by atoms with Crippen molar-refractivity contribution in [1.29, 1.82) is 0 Å². The van der Waals surface area contributed by atoms with E-state index in [4.69, 9.17) is 4.74 Å². The van der Waals surface area contributed by atoms with Crippen LogP contribution in [0, 0.1) is 0 Å². The lowest BCUT2D eigenvalue weighted by Crippen LogP contribution is -2.53. The van der Waals surface area contributed by atoms with Gasteiger partial charge in [-0.25, -0.2) is 4.79 Å². The summed E-state index contributed by atoms with van der Waals surface area (Å²) in [6, 6.07) is 5.44. The van der Waals surface area contributed by atoms with Gasteiger partial charge in [0.25, 0.3) is 0 Å². The molecule has 0 aliphatic carbocycles. The van der Waals surface area contributed by atoms with E-state index in [-0.39, 0.29) is 24.4 Å². The predicted octanol–water partition coefficient (Wildman–Crippen LogP) is 4.56. The predicted molar refractivity (Wildman–Crippen MR) is 141 cm³/mol. The average molecular weight is 490 g/mol. The summed E-state index contributed by atoms with van der Waals surface area (Å²) in [5.41, 5.74) is 0.770. The van der Waals surface area contributed by atoms with E-state index in [1.807, 2.05) is 38.3 Å². The molecule has 0 radical (unpaired) electrons. The minimum absolute atomic E-state index is 0.120.